The van der Waals surface area contributed by atoms with Crippen molar-refractivity contribution in [1.82, 2.24) is 9.55 Å². The van der Waals surface area contributed by atoms with E-state index in [4.69, 9.17) is 9.72 Å². The molecule has 5 nitrogen and oxygen atoms in total. The van der Waals surface area contributed by atoms with Gasteiger partial charge in [-0.15, -0.1) is 11.8 Å². The van der Waals surface area contributed by atoms with E-state index >= 15 is 0 Å². The molecule has 0 bridgehead atoms. The Balaban J connectivity index is 1.93. The van der Waals surface area contributed by atoms with E-state index < -0.39 is 0 Å². The molecule has 0 saturated heterocycles. The van der Waals surface area contributed by atoms with Crippen molar-refractivity contribution in [3.63, 3.8) is 0 Å². The molecule has 6 heteroatoms. The Bertz CT molecular complexity index is 1070. The highest BCUT2D eigenvalue weighted by atomic mass is 32.2. The standard InChI is InChI=1S/C22H23N3O2S/c1-13(2)27-21(26)19-14(3)23-22-24-17-7-5-6-8-18(17)25(22)20(19)15-9-11-16(28-4)12-10-15/h5-13,20H,1-4H3,(H,23,24). The van der Waals surface area contributed by atoms with Gasteiger partial charge in [-0.1, -0.05) is 24.3 Å². The minimum absolute atomic E-state index is 0.187. The topological polar surface area (TPSA) is 56.1 Å². The van der Waals surface area contributed by atoms with E-state index in [1.807, 2.05) is 45.0 Å². The highest BCUT2D eigenvalue weighted by Gasteiger charge is 2.35. The molecule has 3 aromatic rings. The second kappa shape index (κ2) is 7.36. The van der Waals surface area contributed by atoms with Crippen LogP contribution in [0.1, 0.15) is 32.4 Å². The summed E-state index contributed by atoms with van der Waals surface area (Å²) in [4.78, 5) is 18.9. The second-order valence-corrected chi connectivity index (χ2v) is 7.97. The molecule has 0 saturated carbocycles. The number of carbonyl (C=O) groups excluding carboxylic acids is 1. The maximum Gasteiger partial charge on any atom is 0.338 e. The maximum absolute atomic E-state index is 13.0. The van der Waals surface area contributed by atoms with E-state index in [9.17, 15) is 4.79 Å². The first-order valence-electron chi connectivity index (χ1n) is 9.29. The summed E-state index contributed by atoms with van der Waals surface area (Å²) in [6.07, 6.45) is 1.87. The number of para-hydroxylation sites is 2. The van der Waals surface area contributed by atoms with Crippen LogP contribution in [-0.4, -0.2) is 27.9 Å². The molecule has 2 aromatic carbocycles. The highest BCUT2D eigenvalue weighted by molar-refractivity contribution is 7.98. The fourth-order valence-electron chi connectivity index (χ4n) is 3.61. The zero-order valence-corrected chi connectivity index (χ0v) is 17.2. The van der Waals surface area contributed by atoms with Gasteiger partial charge in [0.2, 0.25) is 5.95 Å². The van der Waals surface area contributed by atoms with E-state index in [2.05, 4.69) is 40.4 Å². The number of thioether (sulfide) groups is 1. The number of rotatable bonds is 4. The minimum Gasteiger partial charge on any atom is -0.459 e. The lowest BCUT2D eigenvalue weighted by molar-refractivity contribution is -0.143. The summed E-state index contributed by atoms with van der Waals surface area (Å²) in [5, 5.41) is 3.30. The summed E-state index contributed by atoms with van der Waals surface area (Å²) in [7, 11) is 0. The Morgan fingerprint density at radius 3 is 2.57 bits per heavy atom. The van der Waals surface area contributed by atoms with Gasteiger partial charge in [-0.05, 0) is 56.9 Å². The molecule has 1 aliphatic rings. The monoisotopic (exact) mass is 393 g/mol. The largest absolute Gasteiger partial charge is 0.459 e. The molecule has 0 amide bonds. The number of fused-ring (bicyclic) bond motifs is 3. The average Bonchev–Trinajstić information content (AvgIpc) is 3.04. The Labute approximate surface area is 168 Å². The Morgan fingerprint density at radius 2 is 1.89 bits per heavy atom. The number of hydrogen-bond donors (Lipinski definition) is 1. The molecule has 0 radical (unpaired) electrons. The number of imidazole rings is 1. The van der Waals surface area contributed by atoms with E-state index in [1.54, 1.807) is 11.8 Å². The molecular formula is C22H23N3O2S. The third-order valence-electron chi connectivity index (χ3n) is 4.82. The van der Waals surface area contributed by atoms with Gasteiger partial charge in [0.1, 0.15) is 0 Å². The first-order chi connectivity index (χ1) is 13.5. The lowest BCUT2D eigenvalue weighted by atomic mass is 9.95. The second-order valence-electron chi connectivity index (χ2n) is 7.09. The van der Waals surface area contributed by atoms with Gasteiger partial charge in [0.15, 0.2) is 0 Å². The Kier molecular flexibility index (Phi) is 4.89. The van der Waals surface area contributed by atoms with Crippen molar-refractivity contribution in [2.45, 2.75) is 37.8 Å². The van der Waals surface area contributed by atoms with Crippen LogP contribution in [-0.2, 0) is 9.53 Å². The number of ether oxygens (including phenoxy) is 1. The number of esters is 1. The van der Waals surface area contributed by atoms with Crippen LogP contribution < -0.4 is 5.32 Å². The number of anilines is 1. The molecule has 1 aromatic heterocycles. The summed E-state index contributed by atoms with van der Waals surface area (Å²) < 4.78 is 7.68. The van der Waals surface area contributed by atoms with Crippen LogP contribution in [0.15, 0.2) is 64.7 Å². The summed E-state index contributed by atoms with van der Waals surface area (Å²) in [6.45, 7) is 5.64. The minimum atomic E-state index is -0.303. The molecule has 1 atom stereocenters. The first kappa shape index (κ1) is 18.6. The maximum atomic E-state index is 13.0. The van der Waals surface area contributed by atoms with Crippen molar-refractivity contribution >= 4 is 34.7 Å². The number of benzene rings is 2. The quantitative estimate of drug-likeness (QED) is 0.499. The molecule has 4 rings (SSSR count). The van der Waals surface area contributed by atoms with E-state index in [-0.39, 0.29) is 18.1 Å². The van der Waals surface area contributed by atoms with Crippen LogP contribution in [0.25, 0.3) is 11.0 Å². The van der Waals surface area contributed by atoms with Gasteiger partial charge < -0.3 is 10.1 Å². The van der Waals surface area contributed by atoms with Crippen molar-refractivity contribution in [2.75, 3.05) is 11.6 Å². The van der Waals surface area contributed by atoms with Crippen LogP contribution in [0.5, 0.6) is 0 Å². The number of nitrogens with zero attached hydrogens (tertiary/aromatic N) is 2. The van der Waals surface area contributed by atoms with Gasteiger partial charge >= 0.3 is 5.97 Å². The molecule has 2 heterocycles. The summed E-state index contributed by atoms with van der Waals surface area (Å²) in [5.41, 5.74) is 4.28. The fraction of sp³-hybridized carbons (Fsp3) is 0.273. The van der Waals surface area contributed by atoms with E-state index in [1.165, 1.54) is 4.90 Å². The van der Waals surface area contributed by atoms with Crippen LogP contribution in [0.4, 0.5) is 5.95 Å². The number of nitrogens with one attached hydrogen (secondary N) is 1. The van der Waals surface area contributed by atoms with Crippen LogP contribution in [0.3, 0.4) is 0 Å². The third-order valence-corrected chi connectivity index (χ3v) is 5.57. The lowest BCUT2D eigenvalue weighted by Crippen LogP contribution is -2.29. The van der Waals surface area contributed by atoms with Crippen molar-refractivity contribution in [3.05, 3.63) is 65.4 Å². The zero-order valence-electron chi connectivity index (χ0n) is 16.4. The Morgan fingerprint density at radius 1 is 1.18 bits per heavy atom. The smallest absolute Gasteiger partial charge is 0.338 e. The zero-order chi connectivity index (χ0) is 19.8. The Hall–Kier alpha value is -2.73. The normalized spacial score (nSPS) is 16.2. The van der Waals surface area contributed by atoms with Crippen molar-refractivity contribution in [2.24, 2.45) is 0 Å². The number of carbonyl (C=O) groups is 1. The molecule has 1 N–H and O–H groups in total. The SMILES string of the molecule is CSc1ccc(C2C(C(=O)OC(C)C)=C(C)Nc3nc4ccccc4n32)cc1. The molecule has 1 unspecified atom stereocenters. The predicted molar refractivity (Wildman–Crippen MR) is 114 cm³/mol. The number of allylic oxidation sites excluding steroid dienone is 1. The molecule has 0 spiro atoms. The average molecular weight is 394 g/mol. The van der Waals surface area contributed by atoms with E-state index in [0.717, 1.165) is 28.2 Å². The summed E-state index contributed by atoms with van der Waals surface area (Å²) >= 11 is 1.69. The first-order valence-corrected chi connectivity index (χ1v) is 10.5. The highest BCUT2D eigenvalue weighted by Crippen LogP contribution is 2.39. The molecule has 28 heavy (non-hydrogen) atoms. The van der Waals surface area contributed by atoms with Crippen molar-refractivity contribution in [3.8, 4) is 0 Å². The number of aromatic nitrogens is 2. The summed E-state index contributed by atoms with van der Waals surface area (Å²) in [5.74, 6) is 0.432. The van der Waals surface area contributed by atoms with Gasteiger partial charge in [-0.2, -0.15) is 0 Å². The lowest BCUT2D eigenvalue weighted by Gasteiger charge is -2.30. The predicted octanol–water partition coefficient (Wildman–Crippen LogP) is 5.00. The molecule has 0 aliphatic carbocycles. The third kappa shape index (κ3) is 3.18. The molecule has 1 aliphatic heterocycles. The molecular weight excluding hydrogens is 370 g/mol. The molecule has 144 valence electrons. The van der Waals surface area contributed by atoms with E-state index in [0.29, 0.717) is 5.57 Å². The van der Waals surface area contributed by atoms with Crippen LogP contribution >= 0.6 is 11.8 Å². The van der Waals surface area contributed by atoms with Gasteiger partial charge in [-0.25, -0.2) is 9.78 Å². The van der Waals surface area contributed by atoms with Crippen LogP contribution in [0, 0.1) is 0 Å². The van der Waals surface area contributed by atoms with Gasteiger partial charge in [0.25, 0.3) is 0 Å². The van der Waals surface area contributed by atoms with Gasteiger partial charge in [-0.3, -0.25) is 4.57 Å². The van der Waals surface area contributed by atoms with Crippen molar-refractivity contribution in [1.29, 1.82) is 0 Å². The summed E-state index contributed by atoms with van der Waals surface area (Å²) in [6, 6.07) is 16.0. The van der Waals surface area contributed by atoms with Crippen LogP contribution in [0.2, 0.25) is 0 Å². The fourth-order valence-corrected chi connectivity index (χ4v) is 4.02. The van der Waals surface area contributed by atoms with Gasteiger partial charge in [0, 0.05) is 10.6 Å². The number of hydrogen-bond acceptors (Lipinski definition) is 5. The van der Waals surface area contributed by atoms with Crippen molar-refractivity contribution < 1.29 is 9.53 Å². The van der Waals surface area contributed by atoms with Gasteiger partial charge in [0.05, 0.1) is 28.8 Å². The molecule has 0 fully saturated rings.